The number of anilines is 1. The van der Waals surface area contributed by atoms with Gasteiger partial charge >= 0.3 is 0 Å². The molecule has 0 aromatic heterocycles. The van der Waals surface area contributed by atoms with E-state index in [4.69, 9.17) is 23.2 Å². The van der Waals surface area contributed by atoms with E-state index >= 15 is 0 Å². The van der Waals surface area contributed by atoms with Gasteiger partial charge in [-0.2, -0.15) is 0 Å². The highest BCUT2D eigenvalue weighted by atomic mass is 35.5. The molecule has 1 heterocycles. The minimum absolute atomic E-state index is 0.172. The number of nitrogens with zero attached hydrogens (tertiary/aromatic N) is 2. The Bertz CT molecular complexity index is 499. The highest BCUT2D eigenvalue weighted by Gasteiger charge is 2.23. The van der Waals surface area contributed by atoms with Gasteiger partial charge in [0.15, 0.2) is 0 Å². The molecule has 0 bridgehead atoms. The number of hydrogen-bond acceptors (Lipinski definition) is 2. The number of piperidine rings is 1. The molecule has 0 N–H and O–H groups in total. The van der Waals surface area contributed by atoms with E-state index in [1.165, 1.54) is 0 Å². The van der Waals surface area contributed by atoms with E-state index < -0.39 is 0 Å². The predicted octanol–water partition coefficient (Wildman–Crippen LogP) is 4.08. The second kappa shape index (κ2) is 7.48. The Kier molecular flexibility index (Phi) is 5.91. The van der Waals surface area contributed by atoms with Crippen LogP contribution in [0.3, 0.4) is 0 Å². The molecule has 0 saturated carbocycles. The standard InChI is InChI=1S/C16H22Cl2N2O/c1-3-20(13-4-5-14(17)15(18)11-13)16(21)10-12-6-8-19(2)9-7-12/h4-5,11-12H,3,6-10H2,1-2H3. The van der Waals surface area contributed by atoms with Gasteiger partial charge in [-0.05, 0) is 64.0 Å². The summed E-state index contributed by atoms with van der Waals surface area (Å²) in [7, 11) is 2.13. The first-order chi connectivity index (χ1) is 10.0. The fourth-order valence-electron chi connectivity index (χ4n) is 2.78. The summed E-state index contributed by atoms with van der Waals surface area (Å²) >= 11 is 12.0. The first-order valence-electron chi connectivity index (χ1n) is 7.45. The molecule has 5 heteroatoms. The average molecular weight is 329 g/mol. The van der Waals surface area contributed by atoms with E-state index in [2.05, 4.69) is 11.9 Å². The first kappa shape index (κ1) is 16.6. The molecule has 116 valence electrons. The molecule has 1 aromatic rings. The third-order valence-corrected chi connectivity index (χ3v) is 4.87. The zero-order valence-corrected chi connectivity index (χ0v) is 14.1. The third kappa shape index (κ3) is 4.35. The highest BCUT2D eigenvalue weighted by Crippen LogP contribution is 2.28. The smallest absolute Gasteiger partial charge is 0.227 e. The molecular weight excluding hydrogens is 307 g/mol. The van der Waals surface area contributed by atoms with Gasteiger partial charge in [0.2, 0.25) is 5.91 Å². The van der Waals surface area contributed by atoms with Crippen LogP contribution in [0.2, 0.25) is 10.0 Å². The monoisotopic (exact) mass is 328 g/mol. The molecule has 1 aromatic carbocycles. The molecule has 0 radical (unpaired) electrons. The molecule has 0 aliphatic carbocycles. The lowest BCUT2D eigenvalue weighted by molar-refractivity contribution is -0.119. The number of carbonyl (C=O) groups excluding carboxylic acids is 1. The van der Waals surface area contributed by atoms with Crippen molar-refractivity contribution < 1.29 is 4.79 Å². The van der Waals surface area contributed by atoms with Crippen molar-refractivity contribution in [3.05, 3.63) is 28.2 Å². The molecule has 1 aliphatic heterocycles. The van der Waals surface area contributed by atoms with Gasteiger partial charge in [-0.1, -0.05) is 23.2 Å². The van der Waals surface area contributed by atoms with Crippen molar-refractivity contribution in [1.82, 2.24) is 4.90 Å². The van der Waals surface area contributed by atoms with Crippen molar-refractivity contribution in [2.45, 2.75) is 26.2 Å². The fraction of sp³-hybridized carbons (Fsp3) is 0.562. The topological polar surface area (TPSA) is 23.6 Å². The van der Waals surface area contributed by atoms with Crippen molar-refractivity contribution in [3.63, 3.8) is 0 Å². The van der Waals surface area contributed by atoms with Crippen LogP contribution in [0.1, 0.15) is 26.2 Å². The van der Waals surface area contributed by atoms with E-state index in [0.29, 0.717) is 28.9 Å². The van der Waals surface area contributed by atoms with Crippen LogP contribution in [0.15, 0.2) is 18.2 Å². The number of hydrogen-bond donors (Lipinski definition) is 0. The number of carbonyl (C=O) groups is 1. The van der Waals surface area contributed by atoms with E-state index in [1.807, 2.05) is 13.0 Å². The van der Waals surface area contributed by atoms with Crippen LogP contribution in [0.5, 0.6) is 0 Å². The number of halogens is 2. The lowest BCUT2D eigenvalue weighted by Gasteiger charge is -2.30. The zero-order chi connectivity index (χ0) is 15.4. The molecule has 1 fully saturated rings. The van der Waals surface area contributed by atoms with Gasteiger partial charge in [-0.15, -0.1) is 0 Å². The van der Waals surface area contributed by atoms with Gasteiger partial charge < -0.3 is 9.80 Å². The molecule has 21 heavy (non-hydrogen) atoms. The third-order valence-electron chi connectivity index (χ3n) is 4.13. The van der Waals surface area contributed by atoms with Crippen LogP contribution >= 0.6 is 23.2 Å². The number of amides is 1. The average Bonchev–Trinajstić information content (AvgIpc) is 2.46. The second-order valence-corrected chi connectivity index (χ2v) is 6.50. The van der Waals surface area contributed by atoms with Crippen molar-refractivity contribution in [1.29, 1.82) is 0 Å². The summed E-state index contributed by atoms with van der Waals surface area (Å²) in [6.07, 6.45) is 2.81. The van der Waals surface area contributed by atoms with Crippen molar-refractivity contribution in [2.75, 3.05) is 31.6 Å². The van der Waals surface area contributed by atoms with Crippen LogP contribution in [-0.2, 0) is 4.79 Å². The Labute approximate surface area is 136 Å². The Morgan fingerprint density at radius 2 is 1.95 bits per heavy atom. The minimum atomic E-state index is 0.172. The van der Waals surface area contributed by atoms with Gasteiger partial charge in [-0.25, -0.2) is 0 Å². The molecule has 3 nitrogen and oxygen atoms in total. The van der Waals surface area contributed by atoms with Crippen LogP contribution in [0, 0.1) is 5.92 Å². The van der Waals surface area contributed by atoms with Crippen LogP contribution in [0.25, 0.3) is 0 Å². The summed E-state index contributed by atoms with van der Waals surface area (Å²) in [6, 6.07) is 5.36. The maximum Gasteiger partial charge on any atom is 0.227 e. The van der Waals surface area contributed by atoms with E-state index in [9.17, 15) is 4.79 Å². The van der Waals surface area contributed by atoms with Gasteiger partial charge in [0.1, 0.15) is 0 Å². The van der Waals surface area contributed by atoms with Gasteiger partial charge in [0.25, 0.3) is 0 Å². The molecule has 2 rings (SSSR count). The summed E-state index contributed by atoms with van der Waals surface area (Å²) < 4.78 is 0. The molecule has 1 saturated heterocycles. The zero-order valence-electron chi connectivity index (χ0n) is 12.6. The SMILES string of the molecule is CCN(C(=O)CC1CCN(C)CC1)c1ccc(Cl)c(Cl)c1. The molecule has 1 amide bonds. The van der Waals surface area contributed by atoms with E-state index in [-0.39, 0.29) is 5.91 Å². The normalized spacial score (nSPS) is 17.0. The second-order valence-electron chi connectivity index (χ2n) is 5.69. The van der Waals surface area contributed by atoms with Crippen LogP contribution in [-0.4, -0.2) is 37.5 Å². The summed E-state index contributed by atoms with van der Waals surface area (Å²) in [5.74, 6) is 0.663. The molecule has 0 atom stereocenters. The molecule has 0 spiro atoms. The van der Waals surface area contributed by atoms with E-state index in [0.717, 1.165) is 31.6 Å². The van der Waals surface area contributed by atoms with E-state index in [1.54, 1.807) is 17.0 Å². The number of benzene rings is 1. The largest absolute Gasteiger partial charge is 0.313 e. The van der Waals surface area contributed by atoms with Crippen molar-refractivity contribution >= 4 is 34.8 Å². The number of likely N-dealkylation sites (tertiary alicyclic amines) is 1. The number of rotatable bonds is 4. The summed E-state index contributed by atoms with van der Waals surface area (Å²) in [6.45, 7) is 4.78. The lowest BCUT2D eigenvalue weighted by Crippen LogP contribution is -2.36. The maximum atomic E-state index is 12.6. The molecule has 1 aliphatic rings. The first-order valence-corrected chi connectivity index (χ1v) is 8.20. The Morgan fingerprint density at radius 3 is 2.52 bits per heavy atom. The van der Waals surface area contributed by atoms with Gasteiger partial charge in [0.05, 0.1) is 10.0 Å². The van der Waals surface area contributed by atoms with Crippen LogP contribution < -0.4 is 4.90 Å². The van der Waals surface area contributed by atoms with Gasteiger partial charge in [0, 0.05) is 18.7 Å². The maximum absolute atomic E-state index is 12.6. The van der Waals surface area contributed by atoms with Crippen molar-refractivity contribution in [2.24, 2.45) is 5.92 Å². The lowest BCUT2D eigenvalue weighted by atomic mass is 9.93. The summed E-state index contributed by atoms with van der Waals surface area (Å²) in [4.78, 5) is 16.7. The predicted molar refractivity (Wildman–Crippen MR) is 89.3 cm³/mol. The Balaban J connectivity index is 2.02. The quantitative estimate of drug-likeness (QED) is 0.831. The molecular formula is C16H22Cl2N2O. The molecule has 0 unspecified atom stereocenters. The minimum Gasteiger partial charge on any atom is -0.313 e. The fourth-order valence-corrected chi connectivity index (χ4v) is 3.07. The summed E-state index contributed by atoms with van der Waals surface area (Å²) in [5.41, 5.74) is 0.824. The highest BCUT2D eigenvalue weighted by molar-refractivity contribution is 6.42. The Morgan fingerprint density at radius 1 is 1.29 bits per heavy atom. The summed E-state index contributed by atoms with van der Waals surface area (Å²) in [5, 5.41) is 0.999. The Hall–Kier alpha value is -0.770. The van der Waals surface area contributed by atoms with Crippen LogP contribution in [0.4, 0.5) is 5.69 Å². The van der Waals surface area contributed by atoms with Crippen molar-refractivity contribution in [3.8, 4) is 0 Å². The van der Waals surface area contributed by atoms with Gasteiger partial charge in [-0.3, -0.25) is 4.79 Å².